The summed E-state index contributed by atoms with van der Waals surface area (Å²) in [6.45, 7) is 2.81. The van der Waals surface area contributed by atoms with Crippen molar-refractivity contribution in [3.8, 4) is 0 Å². The second-order valence-corrected chi connectivity index (χ2v) is 2.98. The van der Waals surface area contributed by atoms with Gasteiger partial charge in [0, 0.05) is 13.0 Å². The molecule has 0 bridgehead atoms. The van der Waals surface area contributed by atoms with E-state index in [2.05, 4.69) is 10.3 Å². The number of fused-ring (bicyclic) bond motifs is 1. The molecule has 0 atom stereocenters. The van der Waals surface area contributed by atoms with E-state index >= 15 is 0 Å². The monoisotopic (exact) mass is 165 g/mol. The van der Waals surface area contributed by atoms with Gasteiger partial charge in [-0.05, 0) is 19.8 Å². The molecule has 2 rings (SSSR count). The quantitative estimate of drug-likeness (QED) is 0.618. The van der Waals surface area contributed by atoms with Gasteiger partial charge in [-0.1, -0.05) is 5.21 Å². The smallest absolute Gasteiger partial charge is 0.185 e. The van der Waals surface area contributed by atoms with E-state index in [1.807, 2.05) is 11.6 Å². The van der Waals surface area contributed by atoms with Gasteiger partial charge in [-0.3, -0.25) is 4.79 Å². The number of carbonyl (C=O) groups is 1. The van der Waals surface area contributed by atoms with E-state index < -0.39 is 0 Å². The third-order valence-electron chi connectivity index (χ3n) is 2.22. The van der Waals surface area contributed by atoms with Crippen LogP contribution < -0.4 is 0 Å². The van der Waals surface area contributed by atoms with Crippen LogP contribution in [0.3, 0.4) is 0 Å². The van der Waals surface area contributed by atoms with Crippen LogP contribution in [0.2, 0.25) is 0 Å². The lowest BCUT2D eigenvalue weighted by Gasteiger charge is -2.09. The van der Waals surface area contributed by atoms with Gasteiger partial charge >= 0.3 is 0 Å². The number of carbonyl (C=O) groups excluding carboxylic acids is 1. The SMILES string of the molecule is CCn1nnc2c1CCCC2=O. The van der Waals surface area contributed by atoms with Crippen LogP contribution in [0.5, 0.6) is 0 Å². The number of hydrogen-bond acceptors (Lipinski definition) is 3. The van der Waals surface area contributed by atoms with Crippen LogP contribution in [0.25, 0.3) is 0 Å². The topological polar surface area (TPSA) is 47.8 Å². The third-order valence-corrected chi connectivity index (χ3v) is 2.22. The molecule has 0 N–H and O–H groups in total. The van der Waals surface area contributed by atoms with Crippen molar-refractivity contribution in [1.82, 2.24) is 15.0 Å². The van der Waals surface area contributed by atoms with Crippen LogP contribution >= 0.6 is 0 Å². The summed E-state index contributed by atoms with van der Waals surface area (Å²) in [6, 6.07) is 0. The molecule has 4 nitrogen and oxygen atoms in total. The van der Waals surface area contributed by atoms with Gasteiger partial charge in [0.15, 0.2) is 11.5 Å². The zero-order chi connectivity index (χ0) is 8.55. The maximum Gasteiger partial charge on any atom is 0.185 e. The summed E-state index contributed by atoms with van der Waals surface area (Å²) in [4.78, 5) is 11.3. The molecule has 0 saturated carbocycles. The molecule has 1 aromatic rings. The van der Waals surface area contributed by atoms with Crippen molar-refractivity contribution in [2.45, 2.75) is 32.7 Å². The number of nitrogens with zero attached hydrogens (tertiary/aromatic N) is 3. The van der Waals surface area contributed by atoms with Crippen molar-refractivity contribution in [2.75, 3.05) is 0 Å². The first-order valence-corrected chi connectivity index (χ1v) is 4.28. The standard InChI is InChI=1S/C8H11N3O/c1-2-11-6-4-3-5-7(12)8(6)9-10-11/h2-5H2,1H3. The van der Waals surface area contributed by atoms with Crippen molar-refractivity contribution in [2.24, 2.45) is 0 Å². The fourth-order valence-electron chi connectivity index (χ4n) is 1.59. The van der Waals surface area contributed by atoms with Crippen molar-refractivity contribution in [1.29, 1.82) is 0 Å². The Bertz CT molecular complexity index is 316. The normalized spacial score (nSPS) is 16.2. The minimum atomic E-state index is 0.149. The van der Waals surface area contributed by atoms with Gasteiger partial charge in [0.2, 0.25) is 0 Å². The zero-order valence-electron chi connectivity index (χ0n) is 7.08. The predicted molar refractivity (Wildman–Crippen MR) is 43.0 cm³/mol. The lowest BCUT2D eigenvalue weighted by atomic mass is 10.00. The molecule has 0 aromatic carbocycles. The molecule has 0 fully saturated rings. The molecule has 0 saturated heterocycles. The summed E-state index contributed by atoms with van der Waals surface area (Å²) in [5, 5.41) is 7.78. The maximum atomic E-state index is 11.3. The van der Waals surface area contributed by atoms with Crippen molar-refractivity contribution < 1.29 is 4.79 Å². The lowest BCUT2D eigenvalue weighted by Crippen LogP contribution is -2.13. The molecular weight excluding hydrogens is 154 g/mol. The molecule has 1 aromatic heterocycles. The Morgan fingerprint density at radius 1 is 1.50 bits per heavy atom. The molecule has 0 spiro atoms. The molecular formula is C8H11N3O. The Balaban J connectivity index is 2.48. The summed E-state index contributed by atoms with van der Waals surface area (Å²) < 4.78 is 1.81. The van der Waals surface area contributed by atoms with Crippen molar-refractivity contribution in [3.63, 3.8) is 0 Å². The van der Waals surface area contributed by atoms with E-state index in [1.54, 1.807) is 0 Å². The fourth-order valence-corrected chi connectivity index (χ4v) is 1.59. The van der Waals surface area contributed by atoms with Gasteiger partial charge in [0.1, 0.15) is 0 Å². The van der Waals surface area contributed by atoms with Crippen molar-refractivity contribution in [3.05, 3.63) is 11.4 Å². The fraction of sp³-hybridized carbons (Fsp3) is 0.625. The highest BCUT2D eigenvalue weighted by molar-refractivity contribution is 5.96. The van der Waals surface area contributed by atoms with Gasteiger partial charge in [-0.15, -0.1) is 5.10 Å². The lowest BCUT2D eigenvalue weighted by molar-refractivity contribution is 0.0967. The summed E-state index contributed by atoms with van der Waals surface area (Å²) in [5.41, 5.74) is 1.62. The summed E-state index contributed by atoms with van der Waals surface area (Å²) in [7, 11) is 0. The Morgan fingerprint density at radius 2 is 2.33 bits per heavy atom. The molecule has 0 amide bonds. The number of rotatable bonds is 1. The Hall–Kier alpha value is -1.19. The molecule has 0 aliphatic heterocycles. The van der Waals surface area contributed by atoms with Crippen LogP contribution in [0.4, 0.5) is 0 Å². The number of ketones is 1. The third kappa shape index (κ3) is 0.948. The van der Waals surface area contributed by atoms with E-state index in [1.165, 1.54) is 0 Å². The number of hydrogen-bond donors (Lipinski definition) is 0. The Labute approximate surface area is 70.6 Å². The average molecular weight is 165 g/mol. The number of Topliss-reactive ketones (excluding diaryl/α,β-unsaturated/α-hetero) is 1. The Kier molecular flexibility index (Phi) is 1.67. The highest BCUT2D eigenvalue weighted by Gasteiger charge is 2.22. The van der Waals surface area contributed by atoms with Gasteiger partial charge in [-0.2, -0.15) is 0 Å². The summed E-state index contributed by atoms with van der Waals surface area (Å²) in [5.74, 6) is 0.149. The first-order chi connectivity index (χ1) is 5.83. The van der Waals surface area contributed by atoms with E-state index in [4.69, 9.17) is 0 Å². The predicted octanol–water partition coefficient (Wildman–Crippen LogP) is 0.817. The highest BCUT2D eigenvalue weighted by Crippen LogP contribution is 2.18. The molecule has 1 aliphatic rings. The number of aromatic nitrogens is 3. The summed E-state index contributed by atoms with van der Waals surface area (Å²) in [6.07, 6.45) is 2.52. The van der Waals surface area contributed by atoms with Crippen LogP contribution in [-0.4, -0.2) is 20.8 Å². The van der Waals surface area contributed by atoms with Crippen LogP contribution in [0.15, 0.2) is 0 Å². The highest BCUT2D eigenvalue weighted by atomic mass is 16.1. The van der Waals surface area contributed by atoms with Crippen LogP contribution in [-0.2, 0) is 13.0 Å². The van der Waals surface area contributed by atoms with E-state index in [0.717, 1.165) is 25.1 Å². The van der Waals surface area contributed by atoms with Crippen molar-refractivity contribution >= 4 is 5.78 Å². The molecule has 12 heavy (non-hydrogen) atoms. The Morgan fingerprint density at radius 3 is 3.08 bits per heavy atom. The van der Waals surface area contributed by atoms with Crippen LogP contribution in [0, 0.1) is 0 Å². The molecule has 1 aliphatic carbocycles. The summed E-state index contributed by atoms with van der Waals surface area (Å²) >= 11 is 0. The van der Waals surface area contributed by atoms with E-state index in [-0.39, 0.29) is 5.78 Å². The molecule has 4 heteroatoms. The first kappa shape index (κ1) is 7.46. The molecule has 0 radical (unpaired) electrons. The van der Waals surface area contributed by atoms with Gasteiger partial charge in [0.25, 0.3) is 0 Å². The molecule has 0 unspecified atom stereocenters. The second-order valence-electron chi connectivity index (χ2n) is 2.98. The maximum absolute atomic E-state index is 11.3. The number of aryl methyl sites for hydroxylation is 1. The van der Waals surface area contributed by atoms with E-state index in [9.17, 15) is 4.79 Å². The van der Waals surface area contributed by atoms with Crippen LogP contribution in [0.1, 0.15) is 35.9 Å². The van der Waals surface area contributed by atoms with Gasteiger partial charge in [-0.25, -0.2) is 4.68 Å². The van der Waals surface area contributed by atoms with Gasteiger partial charge < -0.3 is 0 Å². The minimum Gasteiger partial charge on any atom is -0.292 e. The minimum absolute atomic E-state index is 0.149. The van der Waals surface area contributed by atoms with E-state index in [0.29, 0.717) is 12.1 Å². The van der Waals surface area contributed by atoms with Gasteiger partial charge in [0.05, 0.1) is 5.69 Å². The average Bonchev–Trinajstić information content (AvgIpc) is 2.49. The second kappa shape index (κ2) is 2.69. The zero-order valence-corrected chi connectivity index (χ0v) is 7.08. The largest absolute Gasteiger partial charge is 0.292 e. The molecule has 64 valence electrons. The molecule has 1 heterocycles. The first-order valence-electron chi connectivity index (χ1n) is 4.28.